The Kier molecular flexibility index (Phi) is 5.42. The molecule has 0 unspecified atom stereocenters. The Balaban J connectivity index is 1.27. The number of aryl methyl sites for hydroxylation is 1. The summed E-state index contributed by atoms with van der Waals surface area (Å²) in [6.45, 7) is 2.46. The molecule has 1 aromatic heterocycles. The second kappa shape index (κ2) is 8.30. The van der Waals surface area contributed by atoms with Crippen LogP contribution in [0.15, 0.2) is 60.8 Å². The number of piperazine rings is 1. The SMILES string of the molecule is O=C(CCc1ccccc1)N1CCN(C(=O)Cc2c[nH]c3ccccc23)CC1. The Morgan fingerprint density at radius 3 is 2.21 bits per heavy atom. The number of aromatic amines is 1. The quantitative estimate of drug-likeness (QED) is 0.745. The molecule has 1 aliphatic heterocycles. The maximum Gasteiger partial charge on any atom is 0.227 e. The number of amides is 2. The Morgan fingerprint density at radius 2 is 1.46 bits per heavy atom. The van der Waals surface area contributed by atoms with Gasteiger partial charge in [-0.15, -0.1) is 0 Å². The third-order valence-corrected chi connectivity index (χ3v) is 5.47. The molecule has 0 aliphatic carbocycles. The summed E-state index contributed by atoms with van der Waals surface area (Å²) in [5, 5.41) is 1.10. The molecular weight excluding hydrogens is 350 g/mol. The van der Waals surface area contributed by atoms with E-state index in [2.05, 4.69) is 17.1 Å². The lowest BCUT2D eigenvalue weighted by Crippen LogP contribution is -2.51. The van der Waals surface area contributed by atoms with Gasteiger partial charge in [-0.2, -0.15) is 0 Å². The van der Waals surface area contributed by atoms with Gasteiger partial charge in [0.05, 0.1) is 6.42 Å². The molecular formula is C23H25N3O2. The number of carbonyl (C=O) groups excluding carboxylic acids is 2. The summed E-state index contributed by atoms with van der Waals surface area (Å²) in [7, 11) is 0. The predicted molar refractivity (Wildman–Crippen MR) is 110 cm³/mol. The molecule has 0 spiro atoms. The normalized spacial score (nSPS) is 14.4. The number of rotatable bonds is 5. The third kappa shape index (κ3) is 4.09. The zero-order valence-electron chi connectivity index (χ0n) is 15.9. The monoisotopic (exact) mass is 375 g/mol. The average Bonchev–Trinajstić information content (AvgIpc) is 3.16. The molecule has 1 aliphatic rings. The summed E-state index contributed by atoms with van der Waals surface area (Å²) >= 11 is 0. The molecule has 2 aromatic carbocycles. The van der Waals surface area contributed by atoms with Gasteiger partial charge >= 0.3 is 0 Å². The molecule has 0 bridgehead atoms. The summed E-state index contributed by atoms with van der Waals surface area (Å²) in [5.41, 5.74) is 3.27. The van der Waals surface area contributed by atoms with Gasteiger partial charge in [0.2, 0.25) is 11.8 Å². The Hall–Kier alpha value is -3.08. The Labute approximate surface area is 165 Å². The number of nitrogens with one attached hydrogen (secondary N) is 1. The van der Waals surface area contributed by atoms with Gasteiger partial charge in [-0.25, -0.2) is 0 Å². The highest BCUT2D eigenvalue weighted by Gasteiger charge is 2.24. The molecule has 0 saturated carbocycles. The zero-order valence-corrected chi connectivity index (χ0v) is 15.9. The number of para-hydroxylation sites is 1. The van der Waals surface area contributed by atoms with E-state index in [4.69, 9.17) is 0 Å². The molecule has 5 nitrogen and oxygen atoms in total. The van der Waals surface area contributed by atoms with E-state index in [1.165, 1.54) is 5.56 Å². The van der Waals surface area contributed by atoms with E-state index in [0.717, 1.165) is 22.9 Å². The van der Waals surface area contributed by atoms with E-state index < -0.39 is 0 Å². The van der Waals surface area contributed by atoms with E-state index >= 15 is 0 Å². The van der Waals surface area contributed by atoms with Crippen LogP contribution in [0, 0.1) is 0 Å². The first-order valence-corrected chi connectivity index (χ1v) is 9.85. The van der Waals surface area contributed by atoms with Crippen LogP contribution >= 0.6 is 0 Å². The number of aromatic nitrogens is 1. The van der Waals surface area contributed by atoms with Crippen LogP contribution in [0.2, 0.25) is 0 Å². The molecule has 1 N–H and O–H groups in total. The lowest BCUT2D eigenvalue weighted by atomic mass is 10.1. The number of nitrogens with zero attached hydrogens (tertiary/aromatic N) is 2. The minimum Gasteiger partial charge on any atom is -0.361 e. The number of hydrogen-bond donors (Lipinski definition) is 1. The largest absolute Gasteiger partial charge is 0.361 e. The summed E-state index contributed by atoms with van der Waals surface area (Å²) in [5.74, 6) is 0.300. The molecule has 1 fully saturated rings. The van der Waals surface area contributed by atoms with Crippen molar-refractivity contribution in [1.29, 1.82) is 0 Å². The second-order valence-corrected chi connectivity index (χ2v) is 7.28. The van der Waals surface area contributed by atoms with Crippen molar-refractivity contribution in [3.05, 3.63) is 71.9 Å². The molecule has 2 heterocycles. The second-order valence-electron chi connectivity index (χ2n) is 7.28. The topological polar surface area (TPSA) is 56.4 Å². The van der Waals surface area contributed by atoms with Crippen LogP contribution in [-0.2, 0) is 22.4 Å². The van der Waals surface area contributed by atoms with E-state index in [1.807, 2.05) is 58.5 Å². The maximum absolute atomic E-state index is 12.7. The van der Waals surface area contributed by atoms with Crippen LogP contribution in [0.4, 0.5) is 0 Å². The molecule has 5 heteroatoms. The smallest absolute Gasteiger partial charge is 0.227 e. The summed E-state index contributed by atoms with van der Waals surface area (Å²) in [6.07, 6.45) is 3.60. The summed E-state index contributed by atoms with van der Waals surface area (Å²) in [6, 6.07) is 18.1. The van der Waals surface area contributed by atoms with Crippen LogP contribution in [0.25, 0.3) is 10.9 Å². The van der Waals surface area contributed by atoms with Gasteiger partial charge in [0.1, 0.15) is 0 Å². The standard InChI is InChI=1S/C23H25N3O2/c27-22(11-10-18-6-2-1-3-7-18)25-12-14-26(15-13-25)23(28)16-19-17-24-21-9-5-4-8-20(19)21/h1-9,17,24H,10-16H2. The number of carbonyl (C=O) groups is 2. The van der Waals surface area contributed by atoms with Crippen molar-refractivity contribution < 1.29 is 9.59 Å². The Bertz CT molecular complexity index is 956. The fourth-order valence-electron chi connectivity index (χ4n) is 3.81. The maximum atomic E-state index is 12.7. The van der Waals surface area contributed by atoms with Crippen molar-refractivity contribution in [2.75, 3.05) is 26.2 Å². The molecule has 144 valence electrons. The average molecular weight is 375 g/mol. The van der Waals surface area contributed by atoms with Gasteiger partial charge in [-0.05, 0) is 23.6 Å². The number of H-pyrrole nitrogens is 1. The van der Waals surface area contributed by atoms with Gasteiger partial charge in [0.15, 0.2) is 0 Å². The van der Waals surface area contributed by atoms with Crippen molar-refractivity contribution >= 4 is 22.7 Å². The van der Waals surface area contributed by atoms with Crippen LogP contribution in [0.5, 0.6) is 0 Å². The van der Waals surface area contributed by atoms with Gasteiger partial charge in [0, 0.05) is 49.7 Å². The highest BCUT2D eigenvalue weighted by Crippen LogP contribution is 2.19. The fraction of sp³-hybridized carbons (Fsp3) is 0.304. The highest BCUT2D eigenvalue weighted by atomic mass is 16.2. The van der Waals surface area contributed by atoms with Crippen molar-refractivity contribution in [1.82, 2.24) is 14.8 Å². The molecule has 2 amide bonds. The van der Waals surface area contributed by atoms with Gasteiger partial charge in [-0.3, -0.25) is 9.59 Å². The van der Waals surface area contributed by atoms with Crippen molar-refractivity contribution in [2.24, 2.45) is 0 Å². The van der Waals surface area contributed by atoms with E-state index in [1.54, 1.807) is 0 Å². The molecule has 4 rings (SSSR count). The van der Waals surface area contributed by atoms with Gasteiger partial charge in [-0.1, -0.05) is 48.5 Å². The molecule has 0 atom stereocenters. The lowest BCUT2D eigenvalue weighted by molar-refractivity contribution is -0.139. The summed E-state index contributed by atoms with van der Waals surface area (Å²) < 4.78 is 0. The predicted octanol–water partition coefficient (Wildman–Crippen LogP) is 3.01. The van der Waals surface area contributed by atoms with E-state index in [0.29, 0.717) is 39.0 Å². The van der Waals surface area contributed by atoms with Crippen LogP contribution in [-0.4, -0.2) is 52.8 Å². The summed E-state index contributed by atoms with van der Waals surface area (Å²) in [4.78, 5) is 32.2. The molecule has 3 aromatic rings. The van der Waals surface area contributed by atoms with E-state index in [-0.39, 0.29) is 11.8 Å². The van der Waals surface area contributed by atoms with Gasteiger partial charge < -0.3 is 14.8 Å². The van der Waals surface area contributed by atoms with Crippen molar-refractivity contribution in [2.45, 2.75) is 19.3 Å². The molecule has 1 saturated heterocycles. The lowest BCUT2D eigenvalue weighted by Gasteiger charge is -2.35. The first-order chi connectivity index (χ1) is 13.7. The van der Waals surface area contributed by atoms with Crippen molar-refractivity contribution in [3.63, 3.8) is 0 Å². The zero-order chi connectivity index (χ0) is 19.3. The Morgan fingerprint density at radius 1 is 0.821 bits per heavy atom. The first kappa shape index (κ1) is 18.3. The van der Waals surface area contributed by atoms with Gasteiger partial charge in [0.25, 0.3) is 0 Å². The molecule has 28 heavy (non-hydrogen) atoms. The third-order valence-electron chi connectivity index (χ3n) is 5.47. The minimum absolute atomic E-state index is 0.126. The van der Waals surface area contributed by atoms with Crippen LogP contribution in [0.3, 0.4) is 0 Å². The van der Waals surface area contributed by atoms with Crippen LogP contribution in [0.1, 0.15) is 17.5 Å². The first-order valence-electron chi connectivity index (χ1n) is 9.85. The fourth-order valence-corrected chi connectivity index (χ4v) is 3.81. The number of hydrogen-bond acceptors (Lipinski definition) is 2. The highest BCUT2D eigenvalue weighted by molar-refractivity contribution is 5.89. The molecule has 0 radical (unpaired) electrons. The number of fused-ring (bicyclic) bond motifs is 1. The van der Waals surface area contributed by atoms with E-state index in [9.17, 15) is 9.59 Å². The van der Waals surface area contributed by atoms with Crippen LogP contribution < -0.4 is 0 Å². The number of benzene rings is 2. The minimum atomic E-state index is 0.126. The van der Waals surface area contributed by atoms with Crippen molar-refractivity contribution in [3.8, 4) is 0 Å².